The molecule has 0 fully saturated rings. The lowest BCUT2D eigenvalue weighted by atomic mass is 10.1. The Morgan fingerprint density at radius 2 is 1.87 bits per heavy atom. The molecule has 3 aromatic rings. The Morgan fingerprint density at radius 3 is 2.61 bits per heavy atom. The van der Waals surface area contributed by atoms with Crippen LogP contribution in [0.3, 0.4) is 0 Å². The van der Waals surface area contributed by atoms with E-state index in [2.05, 4.69) is 51.8 Å². The van der Waals surface area contributed by atoms with E-state index in [9.17, 15) is 4.39 Å². The van der Waals surface area contributed by atoms with Crippen molar-refractivity contribution in [3.05, 3.63) is 70.1 Å². The third-order valence-electron chi connectivity index (χ3n) is 4.05. The lowest BCUT2D eigenvalue weighted by molar-refractivity contribution is 0.414. The van der Waals surface area contributed by atoms with Gasteiger partial charge in [0.05, 0.1) is 0 Å². The zero-order valence-electron chi connectivity index (χ0n) is 13.4. The van der Waals surface area contributed by atoms with Crippen LogP contribution < -0.4 is 0 Å². The number of hydrogen-bond donors (Lipinski definition) is 0. The van der Waals surface area contributed by atoms with Crippen molar-refractivity contribution < 1.29 is 4.39 Å². The maximum atomic E-state index is 13.7. The highest BCUT2D eigenvalue weighted by atomic mass is 79.9. The third kappa shape index (κ3) is 3.65. The maximum Gasteiger partial charge on any atom is 0.123 e. The summed E-state index contributed by atoms with van der Waals surface area (Å²) in [6.45, 7) is 1.72. The average molecular weight is 375 g/mol. The van der Waals surface area contributed by atoms with Gasteiger partial charge in [-0.3, -0.25) is 0 Å². The summed E-state index contributed by atoms with van der Waals surface area (Å²) in [5.74, 6) is -0.178. The van der Waals surface area contributed by atoms with Crippen LogP contribution in [0.25, 0.3) is 10.9 Å². The molecular formula is C19H20BrFN2. The predicted octanol–water partition coefficient (Wildman–Crippen LogP) is 4.70. The monoisotopic (exact) mass is 374 g/mol. The van der Waals surface area contributed by atoms with E-state index in [1.54, 1.807) is 6.07 Å². The van der Waals surface area contributed by atoms with E-state index in [1.807, 2.05) is 24.3 Å². The Labute approximate surface area is 144 Å². The zero-order chi connectivity index (χ0) is 16.4. The van der Waals surface area contributed by atoms with E-state index in [4.69, 9.17) is 0 Å². The molecule has 0 N–H and O–H groups in total. The second kappa shape index (κ2) is 6.85. The van der Waals surface area contributed by atoms with Gasteiger partial charge in [0.1, 0.15) is 5.82 Å². The average Bonchev–Trinajstić information content (AvgIpc) is 2.84. The van der Waals surface area contributed by atoms with Crippen LogP contribution in [-0.2, 0) is 13.0 Å². The smallest absolute Gasteiger partial charge is 0.123 e. The molecule has 0 saturated heterocycles. The number of fused-ring (bicyclic) bond motifs is 1. The fourth-order valence-corrected chi connectivity index (χ4v) is 3.24. The standard InChI is InChI=1S/C19H20BrFN2/c1-22(2)10-9-14-12-23(13-15-5-3-4-6-18(15)20)19-8-7-16(21)11-17(14)19/h3-8,11-12H,9-10,13H2,1-2H3. The number of halogens is 2. The zero-order valence-corrected chi connectivity index (χ0v) is 15.0. The summed E-state index contributed by atoms with van der Waals surface area (Å²) in [5.41, 5.74) is 3.49. The Balaban J connectivity index is 2.01. The van der Waals surface area contributed by atoms with E-state index in [1.165, 1.54) is 17.2 Å². The number of benzene rings is 2. The topological polar surface area (TPSA) is 8.17 Å². The van der Waals surface area contributed by atoms with Gasteiger partial charge in [0, 0.05) is 34.7 Å². The molecule has 1 aromatic heterocycles. The summed E-state index contributed by atoms with van der Waals surface area (Å²) >= 11 is 3.61. The van der Waals surface area contributed by atoms with Gasteiger partial charge < -0.3 is 9.47 Å². The first-order chi connectivity index (χ1) is 11.0. The van der Waals surface area contributed by atoms with E-state index < -0.39 is 0 Å². The van der Waals surface area contributed by atoms with Crippen molar-refractivity contribution in [3.63, 3.8) is 0 Å². The minimum atomic E-state index is -0.178. The molecule has 3 rings (SSSR count). The van der Waals surface area contributed by atoms with E-state index in [0.717, 1.165) is 34.9 Å². The molecule has 0 unspecified atom stereocenters. The van der Waals surface area contributed by atoms with Gasteiger partial charge in [0.25, 0.3) is 0 Å². The fourth-order valence-electron chi connectivity index (χ4n) is 2.83. The van der Waals surface area contributed by atoms with Crippen LogP contribution in [-0.4, -0.2) is 30.1 Å². The molecule has 0 radical (unpaired) electrons. The molecule has 2 nitrogen and oxygen atoms in total. The molecule has 0 aliphatic carbocycles. The van der Waals surface area contributed by atoms with Crippen molar-refractivity contribution in [3.8, 4) is 0 Å². The van der Waals surface area contributed by atoms with Crippen LogP contribution in [0.2, 0.25) is 0 Å². The molecule has 0 spiro atoms. The van der Waals surface area contributed by atoms with Gasteiger partial charge in [-0.2, -0.15) is 0 Å². The van der Waals surface area contributed by atoms with Gasteiger partial charge in [-0.15, -0.1) is 0 Å². The van der Waals surface area contributed by atoms with Gasteiger partial charge in [-0.05, 0) is 55.9 Å². The fraction of sp³-hybridized carbons (Fsp3) is 0.263. The predicted molar refractivity (Wildman–Crippen MR) is 97.4 cm³/mol. The molecule has 0 saturated carbocycles. The van der Waals surface area contributed by atoms with E-state index >= 15 is 0 Å². The van der Waals surface area contributed by atoms with Crippen molar-refractivity contribution in [1.82, 2.24) is 9.47 Å². The summed E-state index contributed by atoms with van der Waals surface area (Å²) in [4.78, 5) is 2.15. The van der Waals surface area contributed by atoms with Gasteiger partial charge in [-0.1, -0.05) is 34.1 Å². The number of likely N-dealkylation sites (N-methyl/N-ethyl adjacent to an activating group) is 1. The molecule has 4 heteroatoms. The number of nitrogens with zero attached hydrogens (tertiary/aromatic N) is 2. The first-order valence-electron chi connectivity index (χ1n) is 7.70. The SMILES string of the molecule is CN(C)CCc1cn(Cc2ccccc2Br)c2ccc(F)cc12. The largest absolute Gasteiger partial charge is 0.343 e. The maximum absolute atomic E-state index is 13.7. The lowest BCUT2D eigenvalue weighted by Gasteiger charge is -2.08. The van der Waals surface area contributed by atoms with Crippen LogP contribution >= 0.6 is 15.9 Å². The Hall–Kier alpha value is -1.65. The Morgan fingerprint density at radius 1 is 1.09 bits per heavy atom. The number of rotatable bonds is 5. The second-order valence-corrected chi connectivity index (χ2v) is 6.94. The van der Waals surface area contributed by atoms with Crippen LogP contribution in [0.1, 0.15) is 11.1 Å². The summed E-state index contributed by atoms with van der Waals surface area (Å²) in [6.07, 6.45) is 3.07. The van der Waals surface area contributed by atoms with Gasteiger partial charge in [-0.25, -0.2) is 4.39 Å². The third-order valence-corrected chi connectivity index (χ3v) is 4.83. The second-order valence-electron chi connectivity index (χ2n) is 6.09. The van der Waals surface area contributed by atoms with Crippen LogP contribution in [0.15, 0.2) is 53.1 Å². The molecule has 0 atom stereocenters. The highest BCUT2D eigenvalue weighted by molar-refractivity contribution is 9.10. The summed E-state index contributed by atoms with van der Waals surface area (Å²) < 4.78 is 17.0. The molecular weight excluding hydrogens is 355 g/mol. The van der Waals surface area contributed by atoms with Crippen LogP contribution in [0, 0.1) is 5.82 Å². The summed E-state index contributed by atoms with van der Waals surface area (Å²) in [6, 6.07) is 13.3. The quantitative estimate of drug-likeness (QED) is 0.628. The Bertz CT molecular complexity index is 823. The van der Waals surface area contributed by atoms with E-state index in [0.29, 0.717) is 0 Å². The summed E-state index contributed by atoms with van der Waals surface area (Å²) in [7, 11) is 4.11. The lowest BCUT2D eigenvalue weighted by Crippen LogP contribution is -2.14. The minimum Gasteiger partial charge on any atom is -0.343 e. The molecule has 0 amide bonds. The van der Waals surface area contributed by atoms with Crippen molar-refractivity contribution in [2.45, 2.75) is 13.0 Å². The molecule has 0 aliphatic heterocycles. The minimum absolute atomic E-state index is 0.178. The van der Waals surface area contributed by atoms with Gasteiger partial charge >= 0.3 is 0 Å². The van der Waals surface area contributed by atoms with Crippen molar-refractivity contribution in [2.75, 3.05) is 20.6 Å². The Kier molecular flexibility index (Phi) is 4.83. The molecule has 120 valence electrons. The molecule has 0 aliphatic rings. The highest BCUT2D eigenvalue weighted by Gasteiger charge is 2.11. The van der Waals surface area contributed by atoms with Gasteiger partial charge in [0.2, 0.25) is 0 Å². The first kappa shape index (κ1) is 16.2. The summed E-state index contributed by atoms with van der Waals surface area (Å²) in [5, 5.41) is 1.01. The van der Waals surface area contributed by atoms with Crippen molar-refractivity contribution in [1.29, 1.82) is 0 Å². The normalized spacial score (nSPS) is 11.5. The number of hydrogen-bond acceptors (Lipinski definition) is 1. The first-order valence-corrected chi connectivity index (χ1v) is 8.49. The molecule has 23 heavy (non-hydrogen) atoms. The van der Waals surface area contributed by atoms with Crippen LogP contribution in [0.5, 0.6) is 0 Å². The van der Waals surface area contributed by atoms with Crippen LogP contribution in [0.4, 0.5) is 4.39 Å². The van der Waals surface area contributed by atoms with E-state index in [-0.39, 0.29) is 5.82 Å². The van der Waals surface area contributed by atoms with Gasteiger partial charge in [0.15, 0.2) is 0 Å². The number of aromatic nitrogens is 1. The molecule has 2 aromatic carbocycles. The highest BCUT2D eigenvalue weighted by Crippen LogP contribution is 2.26. The molecule has 1 heterocycles. The van der Waals surface area contributed by atoms with Crippen molar-refractivity contribution in [2.24, 2.45) is 0 Å². The molecule has 0 bridgehead atoms. The van der Waals surface area contributed by atoms with Crippen molar-refractivity contribution >= 4 is 26.8 Å².